The van der Waals surface area contributed by atoms with Gasteiger partial charge in [-0.3, -0.25) is 4.40 Å². The fourth-order valence-corrected chi connectivity index (χ4v) is 1.87. The molecular formula is C12H8BrN3. The third kappa shape index (κ3) is 1.61. The molecule has 0 N–H and O–H groups in total. The van der Waals surface area contributed by atoms with Crippen molar-refractivity contribution in [2.75, 3.05) is 0 Å². The fraction of sp³-hybridized carbons (Fsp3) is 0. The highest BCUT2D eigenvalue weighted by atomic mass is 79.9. The molecule has 2 aromatic heterocycles. The van der Waals surface area contributed by atoms with Gasteiger partial charge < -0.3 is 0 Å². The van der Waals surface area contributed by atoms with Gasteiger partial charge in [0.05, 0.1) is 0 Å². The Morgan fingerprint density at radius 1 is 1.00 bits per heavy atom. The molecule has 2 heterocycles. The molecule has 3 aromatic rings. The van der Waals surface area contributed by atoms with Gasteiger partial charge in [-0.2, -0.15) is 0 Å². The van der Waals surface area contributed by atoms with Crippen LogP contribution < -0.4 is 0 Å². The number of rotatable bonds is 1. The Hall–Kier alpha value is -1.68. The highest BCUT2D eigenvalue weighted by molar-refractivity contribution is 9.10. The van der Waals surface area contributed by atoms with E-state index < -0.39 is 0 Å². The normalized spacial score (nSPS) is 10.8. The van der Waals surface area contributed by atoms with Gasteiger partial charge >= 0.3 is 0 Å². The first-order valence-electron chi connectivity index (χ1n) is 4.87. The largest absolute Gasteiger partial charge is 0.291 e. The summed E-state index contributed by atoms with van der Waals surface area (Å²) in [6, 6.07) is 8.16. The van der Waals surface area contributed by atoms with Crippen LogP contribution in [0, 0.1) is 0 Å². The van der Waals surface area contributed by atoms with E-state index in [1.165, 1.54) is 0 Å². The number of halogens is 1. The molecule has 0 atom stereocenters. The minimum Gasteiger partial charge on any atom is -0.291 e. The molecule has 0 amide bonds. The van der Waals surface area contributed by atoms with Crippen LogP contribution in [0.4, 0.5) is 0 Å². The lowest BCUT2D eigenvalue weighted by molar-refractivity contribution is 1.11. The predicted octanol–water partition coefficient (Wildman–Crippen LogP) is 3.16. The predicted molar refractivity (Wildman–Crippen MR) is 66.1 cm³/mol. The van der Waals surface area contributed by atoms with E-state index >= 15 is 0 Å². The van der Waals surface area contributed by atoms with Crippen molar-refractivity contribution in [1.29, 1.82) is 0 Å². The van der Waals surface area contributed by atoms with Gasteiger partial charge in [0.1, 0.15) is 0 Å². The molecule has 0 aliphatic rings. The summed E-state index contributed by atoms with van der Waals surface area (Å²) in [5, 5.41) is 0. The molecule has 0 fully saturated rings. The summed E-state index contributed by atoms with van der Waals surface area (Å²) in [5.74, 6) is 0.723. The molecule has 78 valence electrons. The van der Waals surface area contributed by atoms with Crippen LogP contribution in [-0.4, -0.2) is 14.4 Å². The van der Waals surface area contributed by atoms with Crippen LogP contribution in [0.1, 0.15) is 0 Å². The van der Waals surface area contributed by atoms with Crippen LogP contribution in [0.25, 0.3) is 16.9 Å². The molecule has 16 heavy (non-hydrogen) atoms. The molecule has 0 spiro atoms. The number of imidazole rings is 1. The Morgan fingerprint density at radius 2 is 1.81 bits per heavy atom. The van der Waals surface area contributed by atoms with Crippen molar-refractivity contribution in [3.63, 3.8) is 0 Å². The second-order valence-corrected chi connectivity index (χ2v) is 4.40. The zero-order chi connectivity index (χ0) is 11.0. The minimum atomic E-state index is 0.723. The van der Waals surface area contributed by atoms with Crippen molar-refractivity contribution in [3.05, 3.63) is 53.5 Å². The second kappa shape index (κ2) is 3.72. The molecule has 0 aliphatic heterocycles. The molecule has 0 aliphatic carbocycles. The van der Waals surface area contributed by atoms with Crippen LogP contribution in [-0.2, 0) is 0 Å². The Balaban J connectivity index is 2.14. The standard InChI is InChI=1S/C12H8BrN3/c13-11-3-1-9(2-4-11)10-7-15-12-14-5-6-16(12)8-10/h1-8H. The summed E-state index contributed by atoms with van der Waals surface area (Å²) < 4.78 is 2.99. The Kier molecular flexibility index (Phi) is 2.22. The summed E-state index contributed by atoms with van der Waals surface area (Å²) in [6.45, 7) is 0. The fourth-order valence-electron chi connectivity index (χ4n) is 1.61. The molecule has 0 unspecified atom stereocenters. The van der Waals surface area contributed by atoms with Gasteiger partial charge in [-0.25, -0.2) is 9.97 Å². The van der Waals surface area contributed by atoms with Crippen LogP contribution in [0.2, 0.25) is 0 Å². The lowest BCUT2D eigenvalue weighted by Gasteiger charge is -2.02. The molecule has 3 nitrogen and oxygen atoms in total. The molecule has 1 aromatic carbocycles. The quantitative estimate of drug-likeness (QED) is 0.682. The molecule has 3 rings (SSSR count). The zero-order valence-corrected chi connectivity index (χ0v) is 9.92. The molecule has 0 saturated heterocycles. The summed E-state index contributed by atoms with van der Waals surface area (Å²) in [6.07, 6.45) is 7.50. The number of hydrogen-bond donors (Lipinski definition) is 0. The summed E-state index contributed by atoms with van der Waals surface area (Å²) >= 11 is 3.42. The molecule has 0 radical (unpaired) electrons. The zero-order valence-electron chi connectivity index (χ0n) is 8.34. The highest BCUT2D eigenvalue weighted by Gasteiger charge is 2.00. The lowest BCUT2D eigenvalue weighted by atomic mass is 10.1. The maximum Gasteiger partial charge on any atom is 0.233 e. The van der Waals surface area contributed by atoms with Crippen LogP contribution >= 0.6 is 15.9 Å². The SMILES string of the molecule is Brc1ccc(-c2cnc3nccn3c2)cc1. The summed E-state index contributed by atoms with van der Waals surface area (Å²) in [5.41, 5.74) is 2.23. The van der Waals surface area contributed by atoms with Gasteiger partial charge in [-0.15, -0.1) is 0 Å². The number of hydrogen-bond acceptors (Lipinski definition) is 2. The smallest absolute Gasteiger partial charge is 0.233 e. The second-order valence-electron chi connectivity index (χ2n) is 3.48. The molecule has 4 heteroatoms. The number of benzene rings is 1. The Bertz CT molecular complexity index is 628. The first-order chi connectivity index (χ1) is 7.83. The monoisotopic (exact) mass is 273 g/mol. The van der Waals surface area contributed by atoms with Gasteiger partial charge in [0.2, 0.25) is 5.78 Å². The van der Waals surface area contributed by atoms with E-state index in [1.54, 1.807) is 6.20 Å². The van der Waals surface area contributed by atoms with Crippen LogP contribution in [0.3, 0.4) is 0 Å². The number of fused-ring (bicyclic) bond motifs is 1. The number of nitrogens with zero attached hydrogens (tertiary/aromatic N) is 3. The van der Waals surface area contributed by atoms with E-state index in [2.05, 4.69) is 38.0 Å². The summed E-state index contributed by atoms with van der Waals surface area (Å²) in [7, 11) is 0. The molecule has 0 bridgehead atoms. The van der Waals surface area contributed by atoms with Gasteiger partial charge in [0, 0.05) is 34.8 Å². The van der Waals surface area contributed by atoms with Crippen molar-refractivity contribution >= 4 is 21.7 Å². The van der Waals surface area contributed by atoms with Crippen LogP contribution in [0.5, 0.6) is 0 Å². The van der Waals surface area contributed by atoms with Crippen molar-refractivity contribution in [2.24, 2.45) is 0 Å². The van der Waals surface area contributed by atoms with Crippen molar-refractivity contribution in [2.45, 2.75) is 0 Å². The maximum atomic E-state index is 4.28. The van der Waals surface area contributed by atoms with E-state index in [0.29, 0.717) is 0 Å². The topological polar surface area (TPSA) is 30.2 Å². The third-order valence-electron chi connectivity index (χ3n) is 2.42. The van der Waals surface area contributed by atoms with Crippen molar-refractivity contribution in [1.82, 2.24) is 14.4 Å². The molecular weight excluding hydrogens is 266 g/mol. The molecule has 0 saturated carbocycles. The third-order valence-corrected chi connectivity index (χ3v) is 2.95. The number of aromatic nitrogens is 3. The van der Waals surface area contributed by atoms with Crippen LogP contribution in [0.15, 0.2) is 53.5 Å². The lowest BCUT2D eigenvalue weighted by Crippen LogP contribution is -1.89. The van der Waals surface area contributed by atoms with E-state index in [4.69, 9.17) is 0 Å². The average molecular weight is 274 g/mol. The van der Waals surface area contributed by atoms with Gasteiger partial charge in [-0.05, 0) is 17.7 Å². The maximum absolute atomic E-state index is 4.28. The Morgan fingerprint density at radius 3 is 2.62 bits per heavy atom. The van der Waals surface area contributed by atoms with E-state index in [0.717, 1.165) is 21.4 Å². The van der Waals surface area contributed by atoms with Gasteiger partial charge in [-0.1, -0.05) is 28.1 Å². The van der Waals surface area contributed by atoms with Gasteiger partial charge in [0.25, 0.3) is 0 Å². The van der Waals surface area contributed by atoms with Crippen molar-refractivity contribution in [3.8, 4) is 11.1 Å². The van der Waals surface area contributed by atoms with E-state index in [1.807, 2.05) is 35.1 Å². The first-order valence-corrected chi connectivity index (χ1v) is 5.67. The van der Waals surface area contributed by atoms with Gasteiger partial charge in [0.15, 0.2) is 0 Å². The Labute approximate surface area is 101 Å². The van der Waals surface area contributed by atoms with E-state index in [-0.39, 0.29) is 0 Å². The summed E-state index contributed by atoms with van der Waals surface area (Å²) in [4.78, 5) is 8.39. The van der Waals surface area contributed by atoms with E-state index in [9.17, 15) is 0 Å². The minimum absolute atomic E-state index is 0.723. The highest BCUT2D eigenvalue weighted by Crippen LogP contribution is 2.20. The van der Waals surface area contributed by atoms with Crippen molar-refractivity contribution < 1.29 is 0 Å². The first kappa shape index (κ1) is 9.54. The average Bonchev–Trinajstić information content (AvgIpc) is 2.77.